The van der Waals surface area contributed by atoms with Gasteiger partial charge in [-0.1, -0.05) is 0 Å². The molecule has 2 aromatic rings. The highest BCUT2D eigenvalue weighted by Gasteiger charge is 2.21. The number of hydrogen-bond acceptors (Lipinski definition) is 4. The molecule has 5 nitrogen and oxygen atoms in total. The highest BCUT2D eigenvalue weighted by Crippen LogP contribution is 2.20. The lowest BCUT2D eigenvalue weighted by Crippen LogP contribution is -2.26. The van der Waals surface area contributed by atoms with Gasteiger partial charge in [-0.3, -0.25) is 0 Å². The molecule has 0 fully saturated rings. The zero-order valence-electron chi connectivity index (χ0n) is 10.7. The van der Waals surface area contributed by atoms with Crippen LogP contribution in [0.2, 0.25) is 0 Å². The molecule has 0 aliphatic rings. The second-order valence-corrected chi connectivity index (χ2v) is 5.84. The van der Waals surface area contributed by atoms with Crippen molar-refractivity contribution in [1.29, 1.82) is 0 Å². The molecule has 0 aromatic carbocycles. The molecule has 0 saturated carbocycles. The number of carbonyl (C=O) groups excluding carboxylic acids is 1. The van der Waals surface area contributed by atoms with Crippen LogP contribution in [0.15, 0.2) is 17.0 Å². The van der Waals surface area contributed by atoms with Gasteiger partial charge in [-0.25, -0.2) is 19.3 Å². The molecule has 6 heteroatoms. The molecule has 0 spiro atoms. The molecule has 0 radical (unpaired) electrons. The maximum absolute atomic E-state index is 12.0. The van der Waals surface area contributed by atoms with Crippen molar-refractivity contribution in [3.05, 3.63) is 22.6 Å². The van der Waals surface area contributed by atoms with Gasteiger partial charge >= 0.3 is 6.09 Å². The maximum atomic E-state index is 12.0. The van der Waals surface area contributed by atoms with Crippen LogP contribution < -0.4 is 0 Å². The quantitative estimate of drug-likeness (QED) is 0.749. The fourth-order valence-electron chi connectivity index (χ4n) is 1.57. The van der Waals surface area contributed by atoms with E-state index in [9.17, 15) is 4.79 Å². The number of rotatable bonds is 0. The van der Waals surface area contributed by atoms with Gasteiger partial charge in [-0.2, -0.15) is 0 Å². The molecule has 18 heavy (non-hydrogen) atoms. The van der Waals surface area contributed by atoms with Gasteiger partial charge in [0.2, 0.25) is 0 Å². The van der Waals surface area contributed by atoms with Crippen LogP contribution in [0.3, 0.4) is 0 Å². The number of fused-ring (bicyclic) bond motifs is 1. The predicted molar refractivity (Wildman–Crippen MR) is 71.6 cm³/mol. The third-order valence-electron chi connectivity index (χ3n) is 2.24. The Morgan fingerprint density at radius 1 is 1.44 bits per heavy atom. The number of aryl methyl sites for hydroxylation is 1. The zero-order chi connectivity index (χ0) is 13.5. The SMILES string of the molecule is Cc1cn(C(=O)OC(C)(C)C)c2ncc(Br)nc12. The average Bonchev–Trinajstić information content (AvgIpc) is 2.54. The molecule has 0 saturated heterocycles. The standard InChI is InChI=1S/C12H14BrN3O2/c1-7-6-16(11(17)18-12(2,3)4)10-9(7)15-8(13)5-14-10/h5-6H,1-4H3. The summed E-state index contributed by atoms with van der Waals surface area (Å²) in [5, 5.41) is 0. The smallest absolute Gasteiger partial charge is 0.420 e. The first-order chi connectivity index (χ1) is 8.28. The van der Waals surface area contributed by atoms with E-state index in [4.69, 9.17) is 4.74 Å². The zero-order valence-corrected chi connectivity index (χ0v) is 12.3. The predicted octanol–water partition coefficient (Wildman–Crippen LogP) is 3.29. The molecular formula is C12H14BrN3O2. The fourth-order valence-corrected chi connectivity index (χ4v) is 1.85. The number of aromatic nitrogens is 3. The Morgan fingerprint density at radius 2 is 2.11 bits per heavy atom. The first-order valence-corrected chi connectivity index (χ1v) is 6.31. The van der Waals surface area contributed by atoms with Gasteiger partial charge in [0.15, 0.2) is 5.65 Å². The average molecular weight is 312 g/mol. The summed E-state index contributed by atoms with van der Waals surface area (Å²) < 4.78 is 7.34. The third kappa shape index (κ3) is 2.53. The summed E-state index contributed by atoms with van der Waals surface area (Å²) >= 11 is 3.26. The first kappa shape index (κ1) is 13.0. The lowest BCUT2D eigenvalue weighted by atomic mass is 10.2. The van der Waals surface area contributed by atoms with Crippen LogP contribution >= 0.6 is 15.9 Å². The lowest BCUT2D eigenvalue weighted by molar-refractivity contribution is 0.0543. The normalized spacial score (nSPS) is 11.8. The van der Waals surface area contributed by atoms with Crippen molar-refractivity contribution in [2.24, 2.45) is 0 Å². The summed E-state index contributed by atoms with van der Waals surface area (Å²) in [5.41, 5.74) is 1.54. The largest absolute Gasteiger partial charge is 0.443 e. The van der Waals surface area contributed by atoms with Crippen LogP contribution in [0.1, 0.15) is 26.3 Å². The van der Waals surface area contributed by atoms with Crippen LogP contribution in [0.5, 0.6) is 0 Å². The molecule has 0 atom stereocenters. The van der Waals surface area contributed by atoms with Gasteiger partial charge in [0.25, 0.3) is 0 Å². The van der Waals surface area contributed by atoms with Crippen molar-refractivity contribution in [3.8, 4) is 0 Å². The summed E-state index contributed by atoms with van der Waals surface area (Å²) in [6.07, 6.45) is 2.80. The fraction of sp³-hybridized carbons (Fsp3) is 0.417. The number of ether oxygens (including phenoxy) is 1. The lowest BCUT2D eigenvalue weighted by Gasteiger charge is -2.19. The van der Waals surface area contributed by atoms with E-state index in [0.29, 0.717) is 15.8 Å². The molecule has 0 aliphatic heterocycles. The summed E-state index contributed by atoms with van der Waals surface area (Å²) in [6.45, 7) is 7.35. The molecule has 0 unspecified atom stereocenters. The molecule has 0 amide bonds. The molecule has 0 aliphatic carbocycles. The minimum Gasteiger partial charge on any atom is -0.443 e. The highest BCUT2D eigenvalue weighted by molar-refractivity contribution is 9.10. The van der Waals surface area contributed by atoms with Crippen LogP contribution in [-0.2, 0) is 4.74 Å². The summed E-state index contributed by atoms with van der Waals surface area (Å²) in [6, 6.07) is 0. The Balaban J connectivity index is 2.49. The van der Waals surface area contributed by atoms with E-state index in [0.717, 1.165) is 5.56 Å². The maximum Gasteiger partial charge on any atom is 0.420 e. The van der Waals surface area contributed by atoms with Crippen molar-refractivity contribution in [2.45, 2.75) is 33.3 Å². The minimum absolute atomic E-state index is 0.447. The molecule has 2 rings (SSSR count). The number of carbonyl (C=O) groups is 1. The van der Waals surface area contributed by atoms with E-state index in [1.165, 1.54) is 4.57 Å². The molecule has 0 bridgehead atoms. The summed E-state index contributed by atoms with van der Waals surface area (Å²) in [7, 11) is 0. The van der Waals surface area contributed by atoms with Gasteiger partial charge < -0.3 is 4.74 Å². The van der Waals surface area contributed by atoms with Crippen LogP contribution in [0, 0.1) is 6.92 Å². The highest BCUT2D eigenvalue weighted by atomic mass is 79.9. The van der Waals surface area contributed by atoms with Gasteiger partial charge in [0.1, 0.15) is 15.7 Å². The van der Waals surface area contributed by atoms with Crippen molar-refractivity contribution >= 4 is 33.2 Å². The van der Waals surface area contributed by atoms with Crippen LogP contribution in [-0.4, -0.2) is 26.2 Å². The van der Waals surface area contributed by atoms with Crippen molar-refractivity contribution < 1.29 is 9.53 Å². The van der Waals surface area contributed by atoms with E-state index < -0.39 is 11.7 Å². The first-order valence-electron chi connectivity index (χ1n) is 5.51. The van der Waals surface area contributed by atoms with Gasteiger partial charge in [-0.15, -0.1) is 0 Å². The van der Waals surface area contributed by atoms with E-state index in [2.05, 4.69) is 25.9 Å². The number of nitrogens with zero attached hydrogens (tertiary/aromatic N) is 3. The van der Waals surface area contributed by atoms with Crippen molar-refractivity contribution in [2.75, 3.05) is 0 Å². The molecule has 96 valence electrons. The van der Waals surface area contributed by atoms with Crippen molar-refractivity contribution in [3.63, 3.8) is 0 Å². The van der Waals surface area contributed by atoms with Crippen molar-refractivity contribution in [1.82, 2.24) is 14.5 Å². The number of halogens is 1. The van der Waals surface area contributed by atoms with Crippen LogP contribution in [0.4, 0.5) is 4.79 Å². The van der Waals surface area contributed by atoms with Crippen LogP contribution in [0.25, 0.3) is 11.2 Å². The monoisotopic (exact) mass is 311 g/mol. The number of hydrogen-bond donors (Lipinski definition) is 0. The molecule has 0 N–H and O–H groups in total. The second kappa shape index (κ2) is 4.35. The van der Waals surface area contributed by atoms with Gasteiger partial charge in [-0.05, 0) is 49.2 Å². The van der Waals surface area contributed by atoms with Gasteiger partial charge in [0, 0.05) is 6.20 Å². The van der Waals surface area contributed by atoms with E-state index >= 15 is 0 Å². The second-order valence-electron chi connectivity index (χ2n) is 5.03. The van der Waals surface area contributed by atoms with E-state index in [-0.39, 0.29) is 0 Å². The molecule has 2 aromatic heterocycles. The summed E-state index contributed by atoms with van der Waals surface area (Å²) in [5.74, 6) is 0. The Bertz CT molecular complexity index is 614. The Hall–Kier alpha value is -1.43. The Labute approximate surface area is 113 Å². The van der Waals surface area contributed by atoms with Gasteiger partial charge in [0.05, 0.1) is 6.20 Å². The Morgan fingerprint density at radius 3 is 2.72 bits per heavy atom. The topological polar surface area (TPSA) is 57.0 Å². The van der Waals surface area contributed by atoms with E-state index in [1.54, 1.807) is 12.4 Å². The molecular weight excluding hydrogens is 298 g/mol. The molecule has 2 heterocycles. The minimum atomic E-state index is -0.537. The Kier molecular flexibility index (Phi) is 3.14. The van der Waals surface area contributed by atoms with E-state index in [1.807, 2.05) is 27.7 Å². The third-order valence-corrected chi connectivity index (χ3v) is 2.62. The summed E-state index contributed by atoms with van der Waals surface area (Å²) in [4.78, 5) is 20.5.